The minimum atomic E-state index is -0.471. The number of nitrogens with one attached hydrogen (secondary N) is 1. The predicted octanol–water partition coefficient (Wildman–Crippen LogP) is -0.955. The zero-order chi connectivity index (χ0) is 8.85. The van der Waals surface area contributed by atoms with Crippen molar-refractivity contribution in [3.63, 3.8) is 0 Å². The van der Waals surface area contributed by atoms with Crippen LogP contribution in [0.25, 0.3) is 0 Å². The average molecular weight is 160 g/mol. The number of hydrogen-bond donors (Lipinski definition) is 2. The van der Waals surface area contributed by atoms with Crippen molar-refractivity contribution in [3.05, 3.63) is 0 Å². The summed E-state index contributed by atoms with van der Waals surface area (Å²) in [6.07, 6.45) is -0.471. The van der Waals surface area contributed by atoms with Crippen molar-refractivity contribution in [2.75, 3.05) is 27.2 Å². The van der Waals surface area contributed by atoms with E-state index in [1.807, 2.05) is 14.1 Å². The number of nitrogens with zero attached hydrogens (tertiary/aromatic N) is 1. The van der Waals surface area contributed by atoms with Crippen molar-refractivity contribution in [2.45, 2.75) is 13.0 Å². The lowest BCUT2D eigenvalue weighted by atomic mass is 10.4. The lowest BCUT2D eigenvalue weighted by Crippen LogP contribution is -2.36. The van der Waals surface area contributed by atoms with Gasteiger partial charge in [0.25, 0.3) is 0 Å². The third kappa shape index (κ3) is 7.29. The number of aliphatic hydroxyl groups excluding tert-OH is 1. The Balaban J connectivity index is 3.38. The molecule has 0 radical (unpaired) electrons. The van der Waals surface area contributed by atoms with Crippen LogP contribution in [0.3, 0.4) is 0 Å². The first-order valence-corrected chi connectivity index (χ1v) is 3.62. The Morgan fingerprint density at radius 3 is 2.55 bits per heavy atom. The van der Waals surface area contributed by atoms with E-state index < -0.39 is 6.10 Å². The molecule has 11 heavy (non-hydrogen) atoms. The smallest absolute Gasteiger partial charge is 0.234 e. The van der Waals surface area contributed by atoms with Crippen LogP contribution in [0, 0.1) is 0 Å². The van der Waals surface area contributed by atoms with Gasteiger partial charge in [0.15, 0.2) is 0 Å². The fraction of sp³-hybridized carbons (Fsp3) is 0.857. The van der Waals surface area contributed by atoms with Crippen LogP contribution < -0.4 is 5.32 Å². The zero-order valence-electron chi connectivity index (χ0n) is 7.29. The molecule has 0 aromatic rings. The molecule has 0 fully saturated rings. The van der Waals surface area contributed by atoms with Crippen molar-refractivity contribution >= 4 is 5.91 Å². The number of carbonyl (C=O) groups excluding carboxylic acids is 1. The van der Waals surface area contributed by atoms with E-state index in [0.717, 1.165) is 0 Å². The molecule has 2 N–H and O–H groups in total. The third-order valence-corrected chi connectivity index (χ3v) is 1.05. The molecule has 1 amide bonds. The highest BCUT2D eigenvalue weighted by Crippen LogP contribution is 1.77. The Kier molecular flexibility index (Phi) is 4.81. The summed E-state index contributed by atoms with van der Waals surface area (Å²) in [6.45, 7) is 2.33. The van der Waals surface area contributed by atoms with Crippen LogP contribution in [0.4, 0.5) is 0 Å². The van der Waals surface area contributed by atoms with E-state index in [4.69, 9.17) is 5.11 Å². The first kappa shape index (κ1) is 10.4. The van der Waals surface area contributed by atoms with E-state index in [0.29, 0.717) is 13.1 Å². The molecule has 0 rings (SSSR count). The number of likely N-dealkylation sites (N-methyl/N-ethyl adjacent to an activating group) is 1. The van der Waals surface area contributed by atoms with Crippen molar-refractivity contribution in [1.29, 1.82) is 0 Å². The number of aliphatic hydroxyl groups is 1. The standard InChI is InChI=1S/C7H16N2O2/c1-6(10)4-8-7(11)5-9(2)3/h6,10H,4-5H2,1-3H3,(H,8,11)/t6-/m0/s1. The molecule has 0 saturated heterocycles. The number of hydrogen-bond acceptors (Lipinski definition) is 3. The molecule has 0 aliphatic rings. The Morgan fingerprint density at radius 2 is 2.18 bits per heavy atom. The molecule has 4 nitrogen and oxygen atoms in total. The van der Waals surface area contributed by atoms with Crippen LogP contribution in [0.1, 0.15) is 6.92 Å². The molecule has 0 heterocycles. The molecule has 0 aromatic heterocycles. The molecule has 0 aliphatic heterocycles. The summed E-state index contributed by atoms with van der Waals surface area (Å²) in [5, 5.41) is 11.4. The highest BCUT2D eigenvalue weighted by molar-refractivity contribution is 5.77. The summed E-state index contributed by atoms with van der Waals surface area (Å²) in [5.74, 6) is -0.0594. The first-order valence-electron chi connectivity index (χ1n) is 3.62. The minimum absolute atomic E-state index is 0.0594. The van der Waals surface area contributed by atoms with E-state index >= 15 is 0 Å². The Morgan fingerprint density at radius 1 is 1.64 bits per heavy atom. The van der Waals surface area contributed by atoms with Crippen LogP contribution in [-0.2, 0) is 4.79 Å². The summed E-state index contributed by atoms with van der Waals surface area (Å²) in [5.41, 5.74) is 0. The van der Waals surface area contributed by atoms with Crippen LogP contribution in [-0.4, -0.2) is 49.2 Å². The fourth-order valence-electron chi connectivity index (χ4n) is 0.605. The summed E-state index contributed by atoms with van der Waals surface area (Å²) < 4.78 is 0. The van der Waals surface area contributed by atoms with E-state index in [9.17, 15) is 4.79 Å². The van der Waals surface area contributed by atoms with Gasteiger partial charge in [0.05, 0.1) is 12.6 Å². The van der Waals surface area contributed by atoms with Gasteiger partial charge in [-0.05, 0) is 21.0 Å². The number of amides is 1. The van der Waals surface area contributed by atoms with Gasteiger partial charge in [-0.15, -0.1) is 0 Å². The van der Waals surface area contributed by atoms with Gasteiger partial charge in [0.2, 0.25) is 5.91 Å². The molecule has 66 valence electrons. The van der Waals surface area contributed by atoms with Crippen molar-refractivity contribution in [1.82, 2.24) is 10.2 Å². The van der Waals surface area contributed by atoms with Crippen LogP contribution in [0.5, 0.6) is 0 Å². The molecule has 0 spiro atoms. The molecular formula is C7H16N2O2. The summed E-state index contributed by atoms with van der Waals surface area (Å²) in [4.78, 5) is 12.7. The summed E-state index contributed by atoms with van der Waals surface area (Å²) in [7, 11) is 3.64. The van der Waals surface area contributed by atoms with Gasteiger partial charge in [-0.25, -0.2) is 0 Å². The van der Waals surface area contributed by atoms with Gasteiger partial charge in [-0.1, -0.05) is 0 Å². The SMILES string of the molecule is C[C@H](O)CNC(=O)CN(C)C. The number of rotatable bonds is 4. The van der Waals surface area contributed by atoms with Gasteiger partial charge in [0, 0.05) is 6.54 Å². The van der Waals surface area contributed by atoms with Gasteiger partial charge >= 0.3 is 0 Å². The second-order valence-electron chi connectivity index (χ2n) is 2.89. The summed E-state index contributed by atoms with van der Waals surface area (Å²) >= 11 is 0. The van der Waals surface area contributed by atoms with E-state index in [-0.39, 0.29) is 5.91 Å². The topological polar surface area (TPSA) is 52.6 Å². The highest BCUT2D eigenvalue weighted by atomic mass is 16.3. The molecule has 0 aromatic carbocycles. The second-order valence-corrected chi connectivity index (χ2v) is 2.89. The molecule has 0 unspecified atom stereocenters. The van der Waals surface area contributed by atoms with Crippen molar-refractivity contribution < 1.29 is 9.90 Å². The zero-order valence-corrected chi connectivity index (χ0v) is 7.29. The van der Waals surface area contributed by atoms with Crippen LogP contribution in [0.2, 0.25) is 0 Å². The predicted molar refractivity (Wildman–Crippen MR) is 43.2 cm³/mol. The molecule has 0 bridgehead atoms. The Bertz CT molecular complexity index is 124. The van der Waals surface area contributed by atoms with Gasteiger partial charge < -0.3 is 15.3 Å². The maximum atomic E-state index is 10.9. The van der Waals surface area contributed by atoms with Gasteiger partial charge in [-0.2, -0.15) is 0 Å². The maximum Gasteiger partial charge on any atom is 0.234 e. The number of carbonyl (C=O) groups is 1. The Labute approximate surface area is 67.2 Å². The summed E-state index contributed by atoms with van der Waals surface area (Å²) in [6, 6.07) is 0. The molecule has 1 atom stereocenters. The fourth-order valence-corrected chi connectivity index (χ4v) is 0.605. The first-order chi connectivity index (χ1) is 5.02. The molecular weight excluding hydrogens is 144 g/mol. The maximum absolute atomic E-state index is 10.9. The molecule has 0 aliphatic carbocycles. The average Bonchev–Trinajstić information content (AvgIpc) is 1.82. The van der Waals surface area contributed by atoms with Crippen LogP contribution >= 0.6 is 0 Å². The largest absolute Gasteiger partial charge is 0.392 e. The van der Waals surface area contributed by atoms with E-state index in [1.165, 1.54) is 0 Å². The van der Waals surface area contributed by atoms with Crippen molar-refractivity contribution in [2.24, 2.45) is 0 Å². The third-order valence-electron chi connectivity index (χ3n) is 1.05. The second kappa shape index (κ2) is 5.09. The quantitative estimate of drug-likeness (QED) is 0.557. The van der Waals surface area contributed by atoms with Gasteiger partial charge in [0.1, 0.15) is 0 Å². The minimum Gasteiger partial charge on any atom is -0.392 e. The Hall–Kier alpha value is -0.610. The van der Waals surface area contributed by atoms with Gasteiger partial charge in [-0.3, -0.25) is 4.79 Å². The van der Waals surface area contributed by atoms with E-state index in [2.05, 4.69) is 5.32 Å². The lowest BCUT2D eigenvalue weighted by molar-refractivity contribution is -0.122. The molecule has 0 saturated carbocycles. The molecule has 4 heteroatoms. The van der Waals surface area contributed by atoms with E-state index in [1.54, 1.807) is 11.8 Å². The van der Waals surface area contributed by atoms with Crippen LogP contribution in [0.15, 0.2) is 0 Å². The monoisotopic (exact) mass is 160 g/mol. The normalized spacial score (nSPS) is 13.2. The lowest BCUT2D eigenvalue weighted by Gasteiger charge is -2.10. The van der Waals surface area contributed by atoms with Crippen molar-refractivity contribution in [3.8, 4) is 0 Å². The highest BCUT2D eigenvalue weighted by Gasteiger charge is 2.02.